The van der Waals surface area contributed by atoms with Gasteiger partial charge in [0.1, 0.15) is 5.75 Å². The Morgan fingerprint density at radius 3 is 2.43 bits per heavy atom. The largest absolute Gasteiger partial charge is 0.439 e. The molecule has 1 saturated heterocycles. The first kappa shape index (κ1) is 24.2. The van der Waals surface area contributed by atoms with Crippen molar-refractivity contribution in [1.82, 2.24) is 15.3 Å². The van der Waals surface area contributed by atoms with Crippen LogP contribution in [0, 0.1) is 32.4 Å². The van der Waals surface area contributed by atoms with Gasteiger partial charge in [-0.25, -0.2) is 18.6 Å². The molecule has 2 N–H and O–H groups in total. The topological polar surface area (TPSA) is 93.3 Å². The van der Waals surface area contributed by atoms with Gasteiger partial charge in [-0.15, -0.1) is 0 Å². The van der Waals surface area contributed by atoms with Gasteiger partial charge in [-0.2, -0.15) is 13.2 Å². The summed E-state index contributed by atoms with van der Waals surface area (Å²) >= 11 is 0. The number of aromatic nitrogens is 2. The molecule has 1 fully saturated rings. The Hall–Kier alpha value is -3.96. The molecule has 4 rings (SSSR count). The van der Waals surface area contributed by atoms with Gasteiger partial charge < -0.3 is 19.8 Å². The van der Waals surface area contributed by atoms with E-state index in [0.717, 1.165) is 18.2 Å². The first-order chi connectivity index (χ1) is 16.4. The summed E-state index contributed by atoms with van der Waals surface area (Å²) < 4.78 is 79.1. The smallest absolute Gasteiger partial charge is 0.418 e. The van der Waals surface area contributed by atoms with Crippen LogP contribution in [0.25, 0.3) is 11.3 Å². The molecular formula is C23H18F5N3O4. The van der Waals surface area contributed by atoms with E-state index in [1.165, 1.54) is 20.8 Å². The second kappa shape index (κ2) is 8.67. The van der Waals surface area contributed by atoms with Crippen molar-refractivity contribution in [3.63, 3.8) is 0 Å². The highest BCUT2D eigenvalue weighted by Crippen LogP contribution is 2.41. The van der Waals surface area contributed by atoms with Crippen molar-refractivity contribution < 1.29 is 36.2 Å². The number of H-pyrrole nitrogens is 1. The number of amides is 1. The molecule has 12 heteroatoms. The molecule has 2 aromatic heterocycles. The Balaban J connectivity index is 1.89. The number of alkyl carbamates (subject to hydrolysis) is 1. The van der Waals surface area contributed by atoms with Crippen LogP contribution in [0.5, 0.6) is 11.6 Å². The highest BCUT2D eigenvalue weighted by Gasteiger charge is 2.36. The summed E-state index contributed by atoms with van der Waals surface area (Å²) in [5.41, 5.74) is -2.06. The minimum absolute atomic E-state index is 0.0516. The van der Waals surface area contributed by atoms with Gasteiger partial charge in [0.15, 0.2) is 23.2 Å². The summed E-state index contributed by atoms with van der Waals surface area (Å²) in [6, 6.07) is 2.97. The second-order valence-electron chi connectivity index (χ2n) is 7.92. The quantitative estimate of drug-likeness (QED) is 0.484. The highest BCUT2D eigenvalue weighted by atomic mass is 19.4. The third kappa shape index (κ3) is 4.43. The normalized spacial score (nSPS) is 15.7. The van der Waals surface area contributed by atoms with Gasteiger partial charge in [0.25, 0.3) is 0 Å². The predicted octanol–water partition coefficient (Wildman–Crippen LogP) is 5.23. The molecule has 0 saturated carbocycles. The number of carbonyl (C=O) groups excluding carboxylic acids is 1. The van der Waals surface area contributed by atoms with Gasteiger partial charge in [-0.05, 0) is 38.5 Å². The molecule has 1 aliphatic rings. The molecule has 0 aliphatic carbocycles. The maximum Gasteiger partial charge on any atom is 0.418 e. The Morgan fingerprint density at radius 2 is 1.83 bits per heavy atom. The zero-order valence-electron chi connectivity index (χ0n) is 18.6. The van der Waals surface area contributed by atoms with Crippen LogP contribution >= 0.6 is 0 Å². The number of hydrogen-bond acceptors (Lipinski definition) is 5. The van der Waals surface area contributed by atoms with Crippen LogP contribution < -0.4 is 15.5 Å². The van der Waals surface area contributed by atoms with E-state index in [1.54, 1.807) is 0 Å². The summed E-state index contributed by atoms with van der Waals surface area (Å²) in [5, 5.41) is 2.43. The van der Waals surface area contributed by atoms with Gasteiger partial charge >= 0.3 is 12.3 Å². The van der Waals surface area contributed by atoms with Gasteiger partial charge in [-0.3, -0.25) is 4.79 Å². The van der Waals surface area contributed by atoms with Crippen molar-refractivity contribution >= 4 is 6.09 Å². The predicted molar refractivity (Wildman–Crippen MR) is 113 cm³/mol. The molecule has 0 unspecified atom stereocenters. The van der Waals surface area contributed by atoms with Gasteiger partial charge in [-0.1, -0.05) is 0 Å². The Morgan fingerprint density at radius 1 is 1.11 bits per heavy atom. The van der Waals surface area contributed by atoms with E-state index in [9.17, 15) is 31.5 Å². The fraction of sp³-hybridized carbons (Fsp3) is 0.261. The molecule has 0 radical (unpaired) electrons. The van der Waals surface area contributed by atoms with Crippen molar-refractivity contribution in [3.8, 4) is 22.9 Å². The maximum atomic E-state index is 14.0. The summed E-state index contributed by atoms with van der Waals surface area (Å²) in [6.45, 7) is 3.97. The molecule has 3 aromatic rings. The van der Waals surface area contributed by atoms with Crippen molar-refractivity contribution in [1.29, 1.82) is 0 Å². The number of nitrogens with one attached hydrogen (secondary N) is 2. The monoisotopic (exact) mass is 495 g/mol. The van der Waals surface area contributed by atoms with Crippen LogP contribution in [0.15, 0.2) is 29.2 Å². The SMILES string of the molecule is Cc1[nH]c(-c2c(Oc3ccc(F)c(F)c3C)ncc(C(F)(F)F)c2C)cc(=O)c1[C@H]1CNC(=O)O1. The van der Waals surface area contributed by atoms with Crippen LogP contribution in [-0.4, -0.2) is 22.6 Å². The average molecular weight is 495 g/mol. The third-order valence-electron chi connectivity index (χ3n) is 5.64. The molecule has 1 amide bonds. The lowest BCUT2D eigenvalue weighted by molar-refractivity contribution is -0.138. The molecule has 35 heavy (non-hydrogen) atoms. The summed E-state index contributed by atoms with van der Waals surface area (Å²) in [5.74, 6) is -2.83. The Labute approximate surface area is 194 Å². The van der Waals surface area contributed by atoms with E-state index >= 15 is 0 Å². The van der Waals surface area contributed by atoms with Crippen LogP contribution in [0.3, 0.4) is 0 Å². The van der Waals surface area contributed by atoms with Crippen molar-refractivity contribution in [3.05, 3.63) is 74.2 Å². The number of aromatic amines is 1. The molecule has 7 nitrogen and oxygen atoms in total. The van der Waals surface area contributed by atoms with Gasteiger partial charge in [0, 0.05) is 23.5 Å². The van der Waals surface area contributed by atoms with E-state index in [1.807, 2.05) is 0 Å². The number of ether oxygens (including phenoxy) is 2. The van der Waals surface area contributed by atoms with E-state index in [2.05, 4.69) is 15.3 Å². The standard InChI is InChI=1S/C23H18F5N3O4/c1-9-12(23(26,27)28)7-29-21(34-16-5-4-13(24)20(25)10(16)2)18(9)14-6-15(32)19(11(3)31-14)17-8-30-22(33)35-17/h4-7,17H,8H2,1-3H3,(H,30,33)(H,31,32)/t17-/m1/s1. The van der Waals surface area contributed by atoms with Crippen molar-refractivity contribution in [2.24, 2.45) is 0 Å². The lowest BCUT2D eigenvalue weighted by Crippen LogP contribution is -2.20. The fourth-order valence-corrected chi connectivity index (χ4v) is 3.89. The minimum atomic E-state index is -4.76. The molecule has 1 aliphatic heterocycles. The number of carbonyl (C=O) groups is 1. The van der Waals surface area contributed by atoms with Crippen molar-refractivity contribution in [2.75, 3.05) is 6.54 Å². The number of hydrogen-bond donors (Lipinski definition) is 2. The number of cyclic esters (lactones) is 1. The Bertz CT molecular complexity index is 1400. The van der Waals surface area contributed by atoms with Crippen LogP contribution in [0.1, 0.15) is 34.1 Å². The van der Waals surface area contributed by atoms with Gasteiger partial charge in [0.2, 0.25) is 5.88 Å². The lowest BCUT2D eigenvalue weighted by Gasteiger charge is -2.19. The molecule has 184 valence electrons. The molecule has 1 aromatic carbocycles. The fourth-order valence-electron chi connectivity index (χ4n) is 3.89. The van der Waals surface area contributed by atoms with Gasteiger partial charge in [0.05, 0.1) is 28.9 Å². The van der Waals surface area contributed by atoms with Crippen LogP contribution in [-0.2, 0) is 10.9 Å². The van der Waals surface area contributed by atoms with Crippen molar-refractivity contribution in [2.45, 2.75) is 33.1 Å². The zero-order chi connectivity index (χ0) is 25.7. The summed E-state index contributed by atoms with van der Waals surface area (Å²) in [7, 11) is 0. The van der Waals surface area contributed by atoms with Crippen LogP contribution in [0.2, 0.25) is 0 Å². The molecule has 0 bridgehead atoms. The summed E-state index contributed by atoms with van der Waals surface area (Å²) in [6.07, 6.45) is -5.77. The number of halogens is 5. The van der Waals surface area contributed by atoms with E-state index < -0.39 is 41.0 Å². The van der Waals surface area contributed by atoms with E-state index in [4.69, 9.17) is 9.47 Å². The third-order valence-corrected chi connectivity index (χ3v) is 5.64. The molecule has 0 spiro atoms. The number of alkyl halides is 3. The maximum absolute atomic E-state index is 14.0. The Kier molecular flexibility index (Phi) is 5.99. The van der Waals surface area contributed by atoms with E-state index in [0.29, 0.717) is 6.20 Å². The summed E-state index contributed by atoms with van der Waals surface area (Å²) in [4.78, 5) is 30.9. The lowest BCUT2D eigenvalue weighted by atomic mass is 9.99. The first-order valence-corrected chi connectivity index (χ1v) is 10.3. The number of benzene rings is 1. The average Bonchev–Trinajstić information content (AvgIpc) is 3.18. The number of nitrogens with zero attached hydrogens (tertiary/aromatic N) is 1. The molecular weight excluding hydrogens is 477 g/mol. The second-order valence-corrected chi connectivity index (χ2v) is 7.92. The number of aryl methyl sites for hydroxylation is 1. The molecule has 3 heterocycles. The first-order valence-electron chi connectivity index (χ1n) is 10.3. The van der Waals surface area contributed by atoms with E-state index in [-0.39, 0.29) is 51.8 Å². The number of pyridine rings is 2. The minimum Gasteiger partial charge on any atom is -0.439 e. The number of rotatable bonds is 4. The zero-order valence-corrected chi connectivity index (χ0v) is 18.6. The van der Waals surface area contributed by atoms with Crippen LogP contribution in [0.4, 0.5) is 26.7 Å². The highest BCUT2D eigenvalue weighted by molar-refractivity contribution is 5.72. The molecule has 1 atom stereocenters.